The normalized spacial score (nSPS) is 12.0. The lowest BCUT2D eigenvalue weighted by Crippen LogP contribution is -2.22. The second kappa shape index (κ2) is 9.16. The molecule has 0 bridgehead atoms. The SMILES string of the molecule is CC(=O)NCCc1ccc(C(=O)C(C)Sc2nnc(-c3cccs3)n2C)cc1. The fourth-order valence-corrected chi connectivity index (χ4v) is 4.34. The van der Waals surface area contributed by atoms with Gasteiger partial charge in [-0.1, -0.05) is 42.1 Å². The Morgan fingerprint density at radius 1 is 1.21 bits per heavy atom. The first-order chi connectivity index (χ1) is 13.5. The molecule has 0 radical (unpaired) electrons. The predicted molar refractivity (Wildman–Crippen MR) is 113 cm³/mol. The van der Waals surface area contributed by atoms with E-state index < -0.39 is 0 Å². The minimum absolute atomic E-state index is 0.0383. The van der Waals surface area contributed by atoms with Crippen LogP contribution in [0.4, 0.5) is 0 Å². The molecule has 1 unspecified atom stereocenters. The molecule has 0 aliphatic heterocycles. The lowest BCUT2D eigenvalue weighted by Gasteiger charge is -2.10. The Morgan fingerprint density at radius 3 is 2.61 bits per heavy atom. The van der Waals surface area contributed by atoms with Gasteiger partial charge in [-0.3, -0.25) is 9.59 Å². The Morgan fingerprint density at radius 2 is 1.96 bits per heavy atom. The molecule has 0 spiro atoms. The molecule has 0 saturated carbocycles. The van der Waals surface area contributed by atoms with Crippen LogP contribution in [0.2, 0.25) is 0 Å². The number of thioether (sulfide) groups is 1. The molecule has 0 saturated heterocycles. The summed E-state index contributed by atoms with van der Waals surface area (Å²) in [4.78, 5) is 24.8. The molecule has 3 aromatic rings. The Balaban J connectivity index is 1.62. The van der Waals surface area contributed by atoms with Crippen LogP contribution in [0.5, 0.6) is 0 Å². The summed E-state index contributed by atoms with van der Waals surface area (Å²) in [7, 11) is 1.92. The molecule has 6 nitrogen and oxygen atoms in total. The summed E-state index contributed by atoms with van der Waals surface area (Å²) < 4.78 is 1.92. The standard InChI is InChI=1S/C20H22N4O2S2/c1-13(28-20-23-22-19(24(20)3)17-5-4-12-27-17)18(26)16-8-6-15(7-9-16)10-11-21-14(2)25/h4-9,12-13H,10-11H2,1-3H3,(H,21,25). The highest BCUT2D eigenvalue weighted by Gasteiger charge is 2.20. The van der Waals surface area contributed by atoms with E-state index in [9.17, 15) is 9.59 Å². The van der Waals surface area contributed by atoms with Gasteiger partial charge < -0.3 is 9.88 Å². The highest BCUT2D eigenvalue weighted by atomic mass is 32.2. The molecule has 28 heavy (non-hydrogen) atoms. The maximum atomic E-state index is 12.8. The summed E-state index contributed by atoms with van der Waals surface area (Å²) in [5.41, 5.74) is 1.75. The van der Waals surface area contributed by atoms with Crippen molar-refractivity contribution in [3.63, 3.8) is 0 Å². The number of nitrogens with zero attached hydrogens (tertiary/aromatic N) is 3. The molecule has 2 heterocycles. The largest absolute Gasteiger partial charge is 0.356 e. The number of amides is 1. The Hall–Kier alpha value is -2.45. The summed E-state index contributed by atoms with van der Waals surface area (Å²) in [6.07, 6.45) is 0.739. The number of ketones is 1. The van der Waals surface area contributed by atoms with E-state index in [1.54, 1.807) is 11.3 Å². The summed E-state index contributed by atoms with van der Waals surface area (Å²) in [6.45, 7) is 3.98. The van der Waals surface area contributed by atoms with Gasteiger partial charge in [-0.05, 0) is 30.4 Å². The molecule has 0 fully saturated rings. The van der Waals surface area contributed by atoms with Crippen LogP contribution in [0.15, 0.2) is 46.9 Å². The van der Waals surface area contributed by atoms with Gasteiger partial charge in [0.25, 0.3) is 0 Å². The topological polar surface area (TPSA) is 76.9 Å². The molecule has 1 N–H and O–H groups in total. The lowest BCUT2D eigenvalue weighted by atomic mass is 10.0. The van der Waals surface area contributed by atoms with Gasteiger partial charge in [0.1, 0.15) is 0 Å². The zero-order valence-electron chi connectivity index (χ0n) is 16.0. The van der Waals surface area contributed by atoms with Crippen LogP contribution >= 0.6 is 23.1 Å². The van der Waals surface area contributed by atoms with Crippen molar-refractivity contribution >= 4 is 34.8 Å². The molecule has 3 rings (SSSR count). The Kier molecular flexibility index (Phi) is 6.64. The van der Waals surface area contributed by atoms with E-state index >= 15 is 0 Å². The molecule has 2 aromatic heterocycles. The third-order valence-electron chi connectivity index (χ3n) is 4.25. The van der Waals surface area contributed by atoms with Crippen LogP contribution in [0.3, 0.4) is 0 Å². The highest BCUT2D eigenvalue weighted by Crippen LogP contribution is 2.29. The molecule has 1 amide bonds. The van der Waals surface area contributed by atoms with Crippen molar-refractivity contribution in [2.45, 2.75) is 30.7 Å². The van der Waals surface area contributed by atoms with Gasteiger partial charge in [0.2, 0.25) is 5.91 Å². The van der Waals surface area contributed by atoms with Crippen LogP contribution in [0, 0.1) is 0 Å². The third kappa shape index (κ3) is 4.88. The number of hydrogen-bond donors (Lipinski definition) is 1. The predicted octanol–water partition coefficient (Wildman–Crippen LogP) is 3.59. The molecular weight excluding hydrogens is 392 g/mol. The van der Waals surface area contributed by atoms with Crippen molar-refractivity contribution in [1.29, 1.82) is 0 Å². The van der Waals surface area contributed by atoms with Gasteiger partial charge in [-0.25, -0.2) is 0 Å². The number of carbonyl (C=O) groups is 2. The number of carbonyl (C=O) groups excluding carboxylic acids is 2. The van der Waals surface area contributed by atoms with Crippen LogP contribution in [-0.4, -0.2) is 38.2 Å². The number of benzene rings is 1. The van der Waals surface area contributed by atoms with Crippen molar-refractivity contribution in [3.8, 4) is 10.7 Å². The van der Waals surface area contributed by atoms with E-state index in [4.69, 9.17) is 0 Å². The van der Waals surface area contributed by atoms with Gasteiger partial charge >= 0.3 is 0 Å². The first-order valence-electron chi connectivity index (χ1n) is 8.93. The maximum Gasteiger partial charge on any atom is 0.216 e. The van der Waals surface area contributed by atoms with Crippen LogP contribution in [-0.2, 0) is 18.3 Å². The fourth-order valence-electron chi connectivity index (χ4n) is 2.70. The first kappa shape index (κ1) is 20.3. The Labute approximate surface area is 172 Å². The molecule has 1 atom stereocenters. The fraction of sp³-hybridized carbons (Fsp3) is 0.300. The van der Waals surface area contributed by atoms with Crippen molar-refractivity contribution in [1.82, 2.24) is 20.1 Å². The second-order valence-electron chi connectivity index (χ2n) is 6.40. The molecule has 0 aliphatic carbocycles. The van der Waals surface area contributed by atoms with E-state index in [-0.39, 0.29) is 16.9 Å². The average molecular weight is 415 g/mol. The number of thiophene rings is 1. The van der Waals surface area contributed by atoms with Crippen LogP contribution in [0.25, 0.3) is 10.7 Å². The first-order valence-corrected chi connectivity index (χ1v) is 10.7. The van der Waals surface area contributed by atoms with Crippen molar-refractivity contribution in [2.24, 2.45) is 7.05 Å². The van der Waals surface area contributed by atoms with Gasteiger partial charge in [0.15, 0.2) is 16.8 Å². The number of nitrogens with one attached hydrogen (secondary N) is 1. The minimum Gasteiger partial charge on any atom is -0.356 e. The van der Waals surface area contributed by atoms with E-state index in [1.165, 1.54) is 18.7 Å². The molecule has 1 aromatic carbocycles. The summed E-state index contributed by atoms with van der Waals surface area (Å²) in [6, 6.07) is 11.5. The van der Waals surface area contributed by atoms with Gasteiger partial charge in [-0.15, -0.1) is 21.5 Å². The van der Waals surface area contributed by atoms with Gasteiger partial charge in [-0.2, -0.15) is 0 Å². The number of aromatic nitrogens is 3. The van der Waals surface area contributed by atoms with Crippen molar-refractivity contribution in [2.75, 3.05) is 6.54 Å². The van der Waals surface area contributed by atoms with E-state index in [0.29, 0.717) is 12.1 Å². The molecule has 0 aliphatic rings. The monoisotopic (exact) mass is 414 g/mol. The van der Waals surface area contributed by atoms with E-state index in [1.807, 2.05) is 60.3 Å². The average Bonchev–Trinajstić information content (AvgIpc) is 3.32. The smallest absolute Gasteiger partial charge is 0.216 e. The molecule has 146 valence electrons. The van der Waals surface area contributed by atoms with Gasteiger partial charge in [0, 0.05) is 26.1 Å². The third-order valence-corrected chi connectivity index (χ3v) is 6.25. The molecular formula is C20H22N4O2S2. The molecule has 8 heteroatoms. The zero-order chi connectivity index (χ0) is 20.1. The minimum atomic E-state index is -0.274. The van der Waals surface area contributed by atoms with Crippen molar-refractivity contribution < 1.29 is 9.59 Å². The maximum absolute atomic E-state index is 12.8. The second-order valence-corrected chi connectivity index (χ2v) is 8.65. The summed E-state index contributed by atoms with van der Waals surface area (Å²) in [5, 5.41) is 13.7. The number of Topliss-reactive ketones (excluding diaryl/α,β-unsaturated/α-hetero) is 1. The van der Waals surface area contributed by atoms with Crippen molar-refractivity contribution in [3.05, 3.63) is 52.9 Å². The number of rotatable bonds is 8. The van der Waals surface area contributed by atoms with E-state index in [2.05, 4.69) is 15.5 Å². The Bertz CT molecular complexity index is 949. The van der Waals surface area contributed by atoms with Crippen LogP contribution < -0.4 is 5.32 Å². The summed E-state index contributed by atoms with van der Waals surface area (Å²) in [5.74, 6) is 0.823. The quantitative estimate of drug-likeness (QED) is 0.450. The van der Waals surface area contributed by atoms with Gasteiger partial charge in [0.05, 0.1) is 10.1 Å². The zero-order valence-corrected chi connectivity index (χ0v) is 17.6. The summed E-state index contributed by atoms with van der Waals surface area (Å²) >= 11 is 3.02. The van der Waals surface area contributed by atoms with Crippen LogP contribution in [0.1, 0.15) is 29.8 Å². The lowest BCUT2D eigenvalue weighted by molar-refractivity contribution is -0.118. The number of hydrogen-bond acceptors (Lipinski definition) is 6. The van der Waals surface area contributed by atoms with E-state index in [0.717, 1.165) is 27.8 Å². The highest BCUT2D eigenvalue weighted by molar-refractivity contribution is 8.00.